The van der Waals surface area contributed by atoms with Crippen LogP contribution in [-0.4, -0.2) is 44.9 Å². The minimum Gasteiger partial charge on any atom is -0.478 e. The Labute approximate surface area is 199 Å². The first kappa shape index (κ1) is 21.8. The predicted molar refractivity (Wildman–Crippen MR) is 133 cm³/mol. The third-order valence-corrected chi connectivity index (χ3v) is 6.75. The molecule has 1 aliphatic rings. The number of aromatic nitrogens is 2. The molecule has 1 amide bonds. The Morgan fingerprint density at radius 2 is 1.74 bits per heavy atom. The first-order chi connectivity index (χ1) is 16.5. The predicted octanol–water partition coefficient (Wildman–Crippen LogP) is 4.51. The molecule has 170 valence electrons. The number of rotatable bonds is 5. The fraction of sp³-hybridized carbons (Fsp3) is 0.154. The molecule has 1 aliphatic heterocycles. The van der Waals surface area contributed by atoms with Gasteiger partial charge < -0.3 is 15.0 Å². The van der Waals surface area contributed by atoms with Crippen LogP contribution in [0.1, 0.15) is 34.6 Å². The lowest BCUT2D eigenvalue weighted by atomic mass is 10.1. The summed E-state index contributed by atoms with van der Waals surface area (Å²) < 4.78 is 0. The summed E-state index contributed by atoms with van der Waals surface area (Å²) in [6.45, 7) is 1.30. The van der Waals surface area contributed by atoms with Crippen LogP contribution in [0.25, 0.3) is 33.0 Å². The molecule has 0 unspecified atom stereocenters. The average Bonchev–Trinajstić information content (AvgIpc) is 3.54. The number of benzene rings is 2. The number of carbonyl (C=O) groups is 2. The van der Waals surface area contributed by atoms with E-state index in [1.165, 1.54) is 23.5 Å². The monoisotopic (exact) mass is 471 g/mol. The summed E-state index contributed by atoms with van der Waals surface area (Å²) in [6.07, 6.45) is 3.52. The van der Waals surface area contributed by atoms with Crippen LogP contribution < -0.4 is 5.56 Å². The Hall–Kier alpha value is -4.04. The molecule has 8 heteroatoms. The molecule has 2 N–H and O–H groups in total. The first-order valence-electron chi connectivity index (χ1n) is 10.9. The standard InChI is InChI=1S/C26H21N3O4S/c30-23-21-20(17-6-2-1-3-7-17)15-34-24(21)28-22(27-23)19(25(31)29-12-4-5-13-29)14-16-8-10-18(11-9-16)26(32)33/h1-3,6-11,14-15H,4-5,12-13H2,(H,32,33)(H,27,28,30)/b19-14+. The summed E-state index contributed by atoms with van der Waals surface area (Å²) in [5, 5.41) is 11.6. The summed E-state index contributed by atoms with van der Waals surface area (Å²) in [7, 11) is 0. The van der Waals surface area contributed by atoms with Crippen molar-refractivity contribution in [2.75, 3.05) is 13.1 Å². The van der Waals surface area contributed by atoms with Crippen LogP contribution in [-0.2, 0) is 4.79 Å². The van der Waals surface area contributed by atoms with E-state index in [9.17, 15) is 14.4 Å². The zero-order valence-corrected chi connectivity index (χ0v) is 19.0. The molecule has 0 atom stereocenters. The molecule has 4 aromatic rings. The van der Waals surface area contributed by atoms with Crippen molar-refractivity contribution in [2.24, 2.45) is 0 Å². The Bertz CT molecular complexity index is 1460. The van der Waals surface area contributed by atoms with Crippen molar-refractivity contribution in [3.8, 4) is 11.1 Å². The topological polar surface area (TPSA) is 103 Å². The number of fused-ring (bicyclic) bond motifs is 1. The Morgan fingerprint density at radius 1 is 1.03 bits per heavy atom. The summed E-state index contributed by atoms with van der Waals surface area (Å²) in [5.41, 5.74) is 2.51. The summed E-state index contributed by atoms with van der Waals surface area (Å²) >= 11 is 1.36. The minimum absolute atomic E-state index is 0.157. The summed E-state index contributed by atoms with van der Waals surface area (Å²) in [5.74, 6) is -1.02. The lowest BCUT2D eigenvalue weighted by Crippen LogP contribution is -2.29. The van der Waals surface area contributed by atoms with Crippen LogP contribution in [0.4, 0.5) is 0 Å². The van der Waals surface area contributed by atoms with Crippen molar-refractivity contribution in [3.05, 3.63) is 87.3 Å². The van der Waals surface area contributed by atoms with Crippen LogP contribution >= 0.6 is 11.3 Å². The van der Waals surface area contributed by atoms with E-state index in [4.69, 9.17) is 5.11 Å². The van der Waals surface area contributed by atoms with Gasteiger partial charge in [0.25, 0.3) is 11.5 Å². The van der Waals surface area contributed by atoms with Gasteiger partial charge in [-0.2, -0.15) is 0 Å². The van der Waals surface area contributed by atoms with E-state index in [-0.39, 0.29) is 28.4 Å². The molecule has 2 aromatic carbocycles. The van der Waals surface area contributed by atoms with Gasteiger partial charge in [-0.05, 0) is 42.2 Å². The molecule has 5 rings (SSSR count). The van der Waals surface area contributed by atoms with Crippen LogP contribution in [0.5, 0.6) is 0 Å². The van der Waals surface area contributed by atoms with E-state index in [1.54, 1.807) is 23.1 Å². The normalized spacial score (nSPS) is 14.0. The molecule has 2 aromatic heterocycles. The Morgan fingerprint density at radius 3 is 2.41 bits per heavy atom. The number of thiophene rings is 1. The van der Waals surface area contributed by atoms with Crippen molar-refractivity contribution >= 4 is 45.1 Å². The number of hydrogen-bond acceptors (Lipinski definition) is 5. The molecule has 3 heterocycles. The number of nitrogens with zero attached hydrogens (tertiary/aromatic N) is 2. The van der Waals surface area contributed by atoms with E-state index >= 15 is 0 Å². The number of carboxylic acid groups (broad SMARTS) is 1. The van der Waals surface area contributed by atoms with Gasteiger partial charge in [-0.25, -0.2) is 9.78 Å². The third kappa shape index (κ3) is 4.15. The lowest BCUT2D eigenvalue weighted by molar-refractivity contribution is -0.123. The van der Waals surface area contributed by atoms with Gasteiger partial charge in [0.2, 0.25) is 0 Å². The van der Waals surface area contributed by atoms with Gasteiger partial charge in [-0.1, -0.05) is 42.5 Å². The number of likely N-dealkylation sites (tertiary alicyclic amines) is 1. The van der Waals surface area contributed by atoms with Gasteiger partial charge in [0, 0.05) is 24.0 Å². The van der Waals surface area contributed by atoms with Crippen molar-refractivity contribution in [2.45, 2.75) is 12.8 Å². The smallest absolute Gasteiger partial charge is 0.335 e. The average molecular weight is 472 g/mol. The molecule has 0 aliphatic carbocycles. The Balaban J connectivity index is 1.62. The van der Waals surface area contributed by atoms with E-state index in [0.29, 0.717) is 28.9 Å². The van der Waals surface area contributed by atoms with Crippen molar-refractivity contribution in [3.63, 3.8) is 0 Å². The second-order valence-electron chi connectivity index (χ2n) is 8.09. The lowest BCUT2D eigenvalue weighted by Gasteiger charge is -2.17. The van der Waals surface area contributed by atoms with Crippen molar-refractivity contribution < 1.29 is 14.7 Å². The van der Waals surface area contributed by atoms with Crippen LogP contribution in [0, 0.1) is 0 Å². The molecule has 1 saturated heterocycles. The fourth-order valence-corrected chi connectivity index (χ4v) is 5.07. The fourth-order valence-electron chi connectivity index (χ4n) is 4.12. The highest BCUT2D eigenvalue weighted by atomic mass is 32.1. The van der Waals surface area contributed by atoms with Crippen LogP contribution in [0.3, 0.4) is 0 Å². The van der Waals surface area contributed by atoms with E-state index in [1.807, 2.05) is 35.7 Å². The number of aromatic carboxylic acids is 1. The second-order valence-corrected chi connectivity index (χ2v) is 8.95. The highest BCUT2D eigenvalue weighted by Gasteiger charge is 2.25. The molecular formula is C26H21N3O4S. The maximum absolute atomic E-state index is 13.4. The quantitative estimate of drug-likeness (QED) is 0.417. The molecule has 7 nitrogen and oxygen atoms in total. The maximum atomic E-state index is 13.4. The third-order valence-electron chi connectivity index (χ3n) is 5.88. The molecule has 34 heavy (non-hydrogen) atoms. The minimum atomic E-state index is -1.02. The second kappa shape index (κ2) is 9.07. The van der Waals surface area contributed by atoms with Crippen molar-refractivity contribution in [1.82, 2.24) is 14.9 Å². The summed E-state index contributed by atoms with van der Waals surface area (Å²) in [6, 6.07) is 15.9. The van der Waals surface area contributed by atoms with Gasteiger partial charge in [0.05, 0.1) is 16.5 Å². The Kier molecular flexibility index (Phi) is 5.81. The van der Waals surface area contributed by atoms with Crippen molar-refractivity contribution in [1.29, 1.82) is 0 Å². The number of carbonyl (C=O) groups excluding carboxylic acids is 1. The first-order valence-corrected chi connectivity index (χ1v) is 11.8. The van der Waals surface area contributed by atoms with E-state index in [0.717, 1.165) is 24.0 Å². The zero-order valence-electron chi connectivity index (χ0n) is 18.2. The molecule has 0 radical (unpaired) electrons. The molecule has 0 bridgehead atoms. The van der Waals surface area contributed by atoms with Gasteiger partial charge >= 0.3 is 5.97 Å². The molecular weight excluding hydrogens is 450 g/mol. The van der Waals surface area contributed by atoms with E-state index < -0.39 is 5.97 Å². The molecule has 1 fully saturated rings. The van der Waals surface area contributed by atoms with Crippen LogP contribution in [0.15, 0.2) is 64.8 Å². The SMILES string of the molecule is O=C(O)c1ccc(/C=C(/C(=O)N2CCCC2)c2nc3scc(-c4ccccc4)c3c(=O)[nH]2)cc1. The van der Waals surface area contributed by atoms with E-state index in [2.05, 4.69) is 9.97 Å². The number of H-pyrrole nitrogens is 1. The summed E-state index contributed by atoms with van der Waals surface area (Å²) in [4.78, 5) is 47.6. The van der Waals surface area contributed by atoms with Gasteiger partial charge in [0.1, 0.15) is 10.7 Å². The maximum Gasteiger partial charge on any atom is 0.335 e. The highest BCUT2D eigenvalue weighted by Crippen LogP contribution is 2.31. The van der Waals surface area contributed by atoms with Crippen LogP contribution in [0.2, 0.25) is 0 Å². The zero-order chi connectivity index (χ0) is 23.7. The van der Waals surface area contributed by atoms with Gasteiger partial charge in [-0.3, -0.25) is 9.59 Å². The number of hydrogen-bond donors (Lipinski definition) is 2. The molecule has 0 spiro atoms. The number of aromatic amines is 1. The number of amides is 1. The number of nitrogens with one attached hydrogen (secondary N) is 1. The highest BCUT2D eigenvalue weighted by molar-refractivity contribution is 7.17. The largest absolute Gasteiger partial charge is 0.478 e. The number of carboxylic acids is 1. The molecule has 0 saturated carbocycles. The van der Waals surface area contributed by atoms with Gasteiger partial charge in [0.15, 0.2) is 0 Å². The van der Waals surface area contributed by atoms with Gasteiger partial charge in [-0.15, -0.1) is 11.3 Å².